The number of sulfonamides is 1. The summed E-state index contributed by atoms with van der Waals surface area (Å²) < 4.78 is 27.1. The standard InChI is InChI=1S/C17H18ClNO4S/c1-12-6-8-14(9-7-12)24(22,23)19(11-10-17(20)21)16-5-3-4-15(18)13(16)2/h3-9H,10-11H2,1-2H3,(H,20,21). The van der Waals surface area contributed by atoms with Gasteiger partial charge in [0.1, 0.15) is 0 Å². The molecule has 0 atom stereocenters. The van der Waals surface area contributed by atoms with E-state index in [0.29, 0.717) is 16.3 Å². The molecule has 0 aliphatic carbocycles. The topological polar surface area (TPSA) is 74.7 Å². The average molecular weight is 368 g/mol. The van der Waals surface area contributed by atoms with Crippen LogP contribution >= 0.6 is 11.6 Å². The van der Waals surface area contributed by atoms with E-state index in [-0.39, 0.29) is 17.9 Å². The Hall–Kier alpha value is -2.05. The molecule has 5 nitrogen and oxygen atoms in total. The molecule has 0 aliphatic heterocycles. The van der Waals surface area contributed by atoms with Gasteiger partial charge in [-0.2, -0.15) is 0 Å². The van der Waals surface area contributed by atoms with Gasteiger partial charge in [-0.25, -0.2) is 8.42 Å². The summed E-state index contributed by atoms with van der Waals surface area (Å²) in [4.78, 5) is 11.1. The molecule has 0 bridgehead atoms. The molecule has 0 amide bonds. The van der Waals surface area contributed by atoms with E-state index in [0.717, 1.165) is 9.87 Å². The number of nitrogens with zero attached hydrogens (tertiary/aromatic N) is 1. The molecule has 0 spiro atoms. The van der Waals surface area contributed by atoms with Crippen LogP contribution in [-0.2, 0) is 14.8 Å². The summed E-state index contributed by atoms with van der Waals surface area (Å²) in [5, 5.41) is 9.38. The SMILES string of the molecule is Cc1ccc(S(=O)(=O)N(CCC(=O)O)c2cccc(Cl)c2C)cc1. The molecule has 7 heteroatoms. The second-order valence-corrected chi connectivity index (χ2v) is 7.69. The highest BCUT2D eigenvalue weighted by Crippen LogP contribution is 2.31. The van der Waals surface area contributed by atoms with Gasteiger partial charge in [-0.05, 0) is 43.7 Å². The predicted octanol–water partition coefficient (Wildman–Crippen LogP) is 3.63. The Morgan fingerprint density at radius 2 is 1.75 bits per heavy atom. The number of aryl methyl sites for hydroxylation is 1. The third kappa shape index (κ3) is 3.88. The second-order valence-electron chi connectivity index (χ2n) is 5.42. The molecular weight excluding hydrogens is 350 g/mol. The van der Waals surface area contributed by atoms with Crippen molar-refractivity contribution in [1.29, 1.82) is 0 Å². The van der Waals surface area contributed by atoms with Gasteiger partial charge in [0.05, 0.1) is 17.0 Å². The summed E-state index contributed by atoms with van der Waals surface area (Å²) in [5.74, 6) is -1.07. The van der Waals surface area contributed by atoms with Gasteiger partial charge in [0.25, 0.3) is 10.0 Å². The summed E-state index contributed by atoms with van der Waals surface area (Å²) in [6.45, 7) is 3.39. The zero-order valence-electron chi connectivity index (χ0n) is 13.4. The Balaban J connectivity index is 2.55. The quantitative estimate of drug-likeness (QED) is 0.846. The van der Waals surface area contributed by atoms with Crippen LogP contribution in [0.4, 0.5) is 5.69 Å². The summed E-state index contributed by atoms with van der Waals surface area (Å²) in [7, 11) is -3.89. The molecule has 0 saturated carbocycles. The minimum atomic E-state index is -3.89. The maximum Gasteiger partial charge on any atom is 0.305 e. The number of hydrogen-bond acceptors (Lipinski definition) is 3. The largest absolute Gasteiger partial charge is 0.481 e. The van der Waals surface area contributed by atoms with Crippen LogP contribution in [0.3, 0.4) is 0 Å². The Labute approximate surface area is 146 Å². The van der Waals surface area contributed by atoms with Crippen LogP contribution in [0.15, 0.2) is 47.4 Å². The molecule has 0 saturated heterocycles. The summed E-state index contributed by atoms with van der Waals surface area (Å²) in [6.07, 6.45) is -0.308. The van der Waals surface area contributed by atoms with Crippen LogP contribution in [0.5, 0.6) is 0 Å². The highest BCUT2D eigenvalue weighted by molar-refractivity contribution is 7.92. The maximum absolute atomic E-state index is 13.0. The van der Waals surface area contributed by atoms with Crippen molar-refractivity contribution in [3.8, 4) is 0 Å². The van der Waals surface area contributed by atoms with E-state index in [4.69, 9.17) is 16.7 Å². The third-order valence-corrected chi connectivity index (χ3v) is 5.88. The fourth-order valence-electron chi connectivity index (χ4n) is 2.27. The number of carboxylic acid groups (broad SMARTS) is 1. The Bertz CT molecular complexity index is 847. The third-order valence-electron chi connectivity index (χ3n) is 3.65. The molecule has 1 N–H and O–H groups in total. The van der Waals surface area contributed by atoms with Crippen molar-refractivity contribution in [2.45, 2.75) is 25.2 Å². The first kappa shape index (κ1) is 18.3. The lowest BCUT2D eigenvalue weighted by Gasteiger charge is -2.26. The molecular formula is C17H18ClNO4S. The van der Waals surface area contributed by atoms with E-state index in [2.05, 4.69) is 0 Å². The first-order valence-electron chi connectivity index (χ1n) is 7.30. The molecule has 0 radical (unpaired) electrons. The Kier molecular flexibility index (Phi) is 5.51. The molecule has 0 fully saturated rings. The van der Waals surface area contributed by atoms with Gasteiger partial charge < -0.3 is 5.11 Å². The van der Waals surface area contributed by atoms with Crippen molar-refractivity contribution >= 4 is 33.3 Å². The van der Waals surface area contributed by atoms with Crippen LogP contribution < -0.4 is 4.31 Å². The monoisotopic (exact) mass is 367 g/mol. The first-order chi connectivity index (χ1) is 11.2. The Morgan fingerprint density at radius 1 is 1.12 bits per heavy atom. The highest BCUT2D eigenvalue weighted by atomic mass is 35.5. The van der Waals surface area contributed by atoms with Gasteiger partial charge in [0.15, 0.2) is 0 Å². The average Bonchev–Trinajstić information content (AvgIpc) is 2.51. The number of aliphatic carboxylic acids is 1. The molecule has 128 valence electrons. The van der Waals surface area contributed by atoms with Crippen LogP contribution in [0, 0.1) is 13.8 Å². The second kappa shape index (κ2) is 7.23. The van der Waals surface area contributed by atoms with Gasteiger partial charge in [0, 0.05) is 11.6 Å². The van der Waals surface area contributed by atoms with Crippen LogP contribution in [0.1, 0.15) is 17.5 Å². The molecule has 0 aromatic heterocycles. The van der Waals surface area contributed by atoms with Crippen molar-refractivity contribution in [3.63, 3.8) is 0 Å². The van der Waals surface area contributed by atoms with E-state index >= 15 is 0 Å². The van der Waals surface area contributed by atoms with Gasteiger partial charge in [-0.1, -0.05) is 35.4 Å². The zero-order chi connectivity index (χ0) is 17.9. The van der Waals surface area contributed by atoms with Crippen molar-refractivity contribution in [1.82, 2.24) is 0 Å². The molecule has 2 aromatic carbocycles. The van der Waals surface area contributed by atoms with E-state index in [9.17, 15) is 13.2 Å². The molecule has 0 heterocycles. The van der Waals surface area contributed by atoms with Crippen molar-refractivity contribution in [2.24, 2.45) is 0 Å². The lowest BCUT2D eigenvalue weighted by Crippen LogP contribution is -2.33. The van der Waals surface area contributed by atoms with E-state index in [1.54, 1.807) is 37.3 Å². The van der Waals surface area contributed by atoms with E-state index < -0.39 is 16.0 Å². The van der Waals surface area contributed by atoms with E-state index in [1.165, 1.54) is 12.1 Å². The van der Waals surface area contributed by atoms with Crippen molar-refractivity contribution in [3.05, 3.63) is 58.6 Å². The normalized spacial score (nSPS) is 11.3. The molecule has 24 heavy (non-hydrogen) atoms. The number of halogens is 1. The number of rotatable bonds is 6. The summed E-state index contributed by atoms with van der Waals surface area (Å²) in [6, 6.07) is 11.4. The number of carboxylic acids is 1. The maximum atomic E-state index is 13.0. The molecule has 0 aliphatic rings. The first-order valence-corrected chi connectivity index (χ1v) is 9.11. The lowest BCUT2D eigenvalue weighted by molar-refractivity contribution is -0.136. The minimum Gasteiger partial charge on any atom is -0.481 e. The van der Waals surface area contributed by atoms with Gasteiger partial charge >= 0.3 is 5.97 Å². The van der Waals surface area contributed by atoms with Crippen LogP contribution in [-0.4, -0.2) is 26.0 Å². The van der Waals surface area contributed by atoms with Crippen molar-refractivity contribution < 1.29 is 18.3 Å². The van der Waals surface area contributed by atoms with E-state index in [1.807, 2.05) is 6.92 Å². The molecule has 2 rings (SSSR count). The number of hydrogen-bond donors (Lipinski definition) is 1. The molecule has 2 aromatic rings. The van der Waals surface area contributed by atoms with Crippen LogP contribution in [0.25, 0.3) is 0 Å². The number of carbonyl (C=O) groups is 1. The predicted molar refractivity (Wildman–Crippen MR) is 94.2 cm³/mol. The zero-order valence-corrected chi connectivity index (χ0v) is 14.9. The van der Waals surface area contributed by atoms with Crippen molar-refractivity contribution in [2.75, 3.05) is 10.8 Å². The highest BCUT2D eigenvalue weighted by Gasteiger charge is 2.27. The number of anilines is 1. The van der Waals surface area contributed by atoms with Gasteiger partial charge in [-0.3, -0.25) is 9.10 Å². The van der Waals surface area contributed by atoms with Crippen LogP contribution in [0.2, 0.25) is 5.02 Å². The fourth-order valence-corrected chi connectivity index (χ4v) is 3.96. The summed E-state index contributed by atoms with van der Waals surface area (Å²) in [5.41, 5.74) is 1.90. The smallest absolute Gasteiger partial charge is 0.305 e. The Morgan fingerprint density at radius 3 is 2.33 bits per heavy atom. The summed E-state index contributed by atoms with van der Waals surface area (Å²) >= 11 is 6.10. The van der Waals surface area contributed by atoms with Gasteiger partial charge in [0.2, 0.25) is 0 Å². The van der Waals surface area contributed by atoms with Gasteiger partial charge in [-0.15, -0.1) is 0 Å². The lowest BCUT2D eigenvalue weighted by atomic mass is 10.2. The number of benzene rings is 2. The molecule has 0 unspecified atom stereocenters. The minimum absolute atomic E-state index is 0.109. The fraction of sp³-hybridized carbons (Fsp3) is 0.235.